The van der Waals surface area contributed by atoms with Crippen LogP contribution in [0, 0.1) is 0 Å². The Morgan fingerprint density at radius 2 is 2.41 bits per heavy atom. The molecule has 122 valence electrons. The average molecular weight is 345 g/mol. The summed E-state index contributed by atoms with van der Waals surface area (Å²) >= 11 is 1.55. The lowest BCUT2D eigenvalue weighted by Gasteiger charge is -2.31. The average Bonchev–Trinajstić information content (AvgIpc) is 3.09. The summed E-state index contributed by atoms with van der Waals surface area (Å²) in [5.74, 6) is 0.104. The fourth-order valence-electron chi connectivity index (χ4n) is 2.77. The van der Waals surface area contributed by atoms with Crippen LogP contribution in [0.2, 0.25) is 0 Å². The molecule has 22 heavy (non-hydrogen) atoms. The predicted octanol–water partition coefficient (Wildman–Crippen LogP) is -0.180. The van der Waals surface area contributed by atoms with Gasteiger partial charge in [0.2, 0.25) is 5.91 Å². The van der Waals surface area contributed by atoms with Gasteiger partial charge in [0.1, 0.15) is 11.1 Å². The van der Waals surface area contributed by atoms with Gasteiger partial charge in [-0.25, -0.2) is 13.4 Å². The van der Waals surface area contributed by atoms with Gasteiger partial charge >= 0.3 is 0 Å². The highest BCUT2D eigenvalue weighted by Crippen LogP contribution is 2.23. The van der Waals surface area contributed by atoms with Gasteiger partial charge < -0.3 is 10.1 Å². The second kappa shape index (κ2) is 6.61. The minimum Gasteiger partial charge on any atom is -0.368 e. The first-order valence-electron chi connectivity index (χ1n) is 7.25. The molecule has 2 saturated heterocycles. The van der Waals surface area contributed by atoms with Crippen LogP contribution >= 0.6 is 11.3 Å². The standard InChI is InChI=1S/C13H19N3O4S2/c17-12(15-10-1-6-22(18,19)9-10)8-16-3-4-20-11(7-16)13-14-2-5-21-13/h2,5,10-11H,1,3-4,6-9H2,(H,15,17)/t10-,11+/m1/s1. The molecule has 1 aromatic heterocycles. The fraction of sp³-hybridized carbons (Fsp3) is 0.692. The van der Waals surface area contributed by atoms with Gasteiger partial charge in [0.05, 0.1) is 24.7 Å². The third kappa shape index (κ3) is 4.03. The van der Waals surface area contributed by atoms with E-state index in [0.717, 1.165) is 5.01 Å². The quantitative estimate of drug-likeness (QED) is 0.814. The lowest BCUT2D eigenvalue weighted by atomic mass is 10.2. The molecule has 2 fully saturated rings. The molecule has 3 rings (SSSR count). The van der Waals surface area contributed by atoms with Crippen molar-refractivity contribution in [1.82, 2.24) is 15.2 Å². The summed E-state index contributed by atoms with van der Waals surface area (Å²) in [5.41, 5.74) is 0. The molecule has 0 spiro atoms. The first kappa shape index (κ1) is 15.9. The molecule has 2 aliphatic rings. The Kier molecular flexibility index (Phi) is 4.76. The van der Waals surface area contributed by atoms with Crippen molar-refractivity contribution in [2.24, 2.45) is 0 Å². The Hall–Kier alpha value is -1.03. The van der Waals surface area contributed by atoms with E-state index in [0.29, 0.717) is 26.1 Å². The van der Waals surface area contributed by atoms with Crippen LogP contribution in [0.15, 0.2) is 11.6 Å². The Balaban J connectivity index is 1.49. The highest BCUT2D eigenvalue weighted by atomic mass is 32.2. The van der Waals surface area contributed by atoms with Crippen LogP contribution in [-0.4, -0.2) is 68.0 Å². The van der Waals surface area contributed by atoms with Crippen LogP contribution in [0.5, 0.6) is 0 Å². The molecule has 0 aliphatic carbocycles. The maximum atomic E-state index is 12.1. The minimum absolute atomic E-state index is 0.0591. The maximum absolute atomic E-state index is 12.1. The van der Waals surface area contributed by atoms with E-state index in [1.54, 1.807) is 17.5 Å². The van der Waals surface area contributed by atoms with Gasteiger partial charge in [0.25, 0.3) is 0 Å². The molecule has 3 heterocycles. The van der Waals surface area contributed by atoms with E-state index >= 15 is 0 Å². The zero-order chi connectivity index (χ0) is 15.6. The van der Waals surface area contributed by atoms with Crippen molar-refractivity contribution in [2.45, 2.75) is 18.6 Å². The molecule has 2 atom stereocenters. The second-order valence-corrected chi connectivity index (χ2v) is 8.79. The number of sulfone groups is 1. The number of aromatic nitrogens is 1. The zero-order valence-corrected chi connectivity index (χ0v) is 13.7. The van der Waals surface area contributed by atoms with E-state index in [2.05, 4.69) is 10.3 Å². The van der Waals surface area contributed by atoms with Crippen molar-refractivity contribution in [2.75, 3.05) is 37.7 Å². The summed E-state index contributed by atoms with van der Waals surface area (Å²) in [7, 11) is -2.97. The molecule has 9 heteroatoms. The largest absolute Gasteiger partial charge is 0.368 e. The smallest absolute Gasteiger partial charge is 0.234 e. The number of hydrogen-bond donors (Lipinski definition) is 1. The summed E-state index contributed by atoms with van der Waals surface area (Å²) in [6, 6.07) is -0.242. The number of rotatable bonds is 4. The van der Waals surface area contributed by atoms with Gasteiger partial charge in [0, 0.05) is 30.7 Å². The molecule has 0 unspecified atom stereocenters. The second-order valence-electron chi connectivity index (χ2n) is 5.63. The highest BCUT2D eigenvalue weighted by molar-refractivity contribution is 7.91. The Morgan fingerprint density at radius 1 is 1.55 bits per heavy atom. The fourth-order valence-corrected chi connectivity index (χ4v) is 5.12. The number of ether oxygens (including phenoxy) is 1. The molecule has 2 aliphatic heterocycles. The number of nitrogens with zero attached hydrogens (tertiary/aromatic N) is 2. The van der Waals surface area contributed by atoms with Gasteiger partial charge in [-0.3, -0.25) is 9.69 Å². The highest BCUT2D eigenvalue weighted by Gasteiger charge is 2.30. The van der Waals surface area contributed by atoms with Crippen molar-refractivity contribution in [3.05, 3.63) is 16.6 Å². The van der Waals surface area contributed by atoms with Crippen LogP contribution in [-0.2, 0) is 19.4 Å². The van der Waals surface area contributed by atoms with Crippen molar-refractivity contribution in [1.29, 1.82) is 0 Å². The molecular weight excluding hydrogens is 326 g/mol. The molecule has 7 nitrogen and oxygen atoms in total. The Labute approximate surface area is 133 Å². The van der Waals surface area contributed by atoms with E-state index in [4.69, 9.17) is 4.74 Å². The van der Waals surface area contributed by atoms with Gasteiger partial charge in [-0.2, -0.15) is 0 Å². The van der Waals surface area contributed by atoms with E-state index in [-0.39, 0.29) is 36.1 Å². The lowest BCUT2D eigenvalue weighted by Crippen LogP contribution is -2.46. The SMILES string of the molecule is O=C(CN1CCO[C@H](c2nccs2)C1)N[C@@H]1CCS(=O)(=O)C1. The lowest BCUT2D eigenvalue weighted by molar-refractivity contribution is -0.124. The summed E-state index contributed by atoms with van der Waals surface area (Å²) < 4.78 is 28.5. The molecule has 0 saturated carbocycles. The number of nitrogens with one attached hydrogen (secondary N) is 1. The summed E-state index contributed by atoms with van der Waals surface area (Å²) in [6.45, 7) is 2.15. The van der Waals surface area contributed by atoms with E-state index in [1.165, 1.54) is 0 Å². The molecule has 1 N–H and O–H groups in total. The Morgan fingerprint density at radius 3 is 3.09 bits per heavy atom. The number of amides is 1. The third-order valence-corrected chi connectivity index (χ3v) is 6.48. The first-order chi connectivity index (χ1) is 10.5. The third-order valence-electron chi connectivity index (χ3n) is 3.84. The predicted molar refractivity (Wildman–Crippen MR) is 82.4 cm³/mol. The van der Waals surface area contributed by atoms with Gasteiger partial charge in [-0.15, -0.1) is 11.3 Å². The first-order valence-corrected chi connectivity index (χ1v) is 9.95. The number of hydrogen-bond acceptors (Lipinski definition) is 7. The minimum atomic E-state index is -2.97. The van der Waals surface area contributed by atoms with Crippen molar-refractivity contribution < 1.29 is 17.9 Å². The summed E-state index contributed by atoms with van der Waals surface area (Å²) in [4.78, 5) is 18.3. The monoisotopic (exact) mass is 345 g/mol. The number of carbonyl (C=O) groups is 1. The molecular formula is C13H19N3O4S2. The molecule has 1 aromatic rings. The van der Waals surface area contributed by atoms with Crippen molar-refractivity contribution in [3.63, 3.8) is 0 Å². The van der Waals surface area contributed by atoms with Gasteiger partial charge in [-0.1, -0.05) is 0 Å². The van der Waals surface area contributed by atoms with Crippen LogP contribution in [0.4, 0.5) is 0 Å². The molecule has 1 amide bonds. The van der Waals surface area contributed by atoms with E-state index < -0.39 is 9.84 Å². The Bertz CT molecular complexity index is 617. The van der Waals surface area contributed by atoms with Crippen LogP contribution in [0.3, 0.4) is 0 Å². The topological polar surface area (TPSA) is 88.6 Å². The zero-order valence-electron chi connectivity index (χ0n) is 12.1. The molecule has 0 radical (unpaired) electrons. The number of carbonyl (C=O) groups excluding carboxylic acids is 1. The van der Waals surface area contributed by atoms with Crippen LogP contribution in [0.1, 0.15) is 17.5 Å². The van der Waals surface area contributed by atoms with Gasteiger partial charge in [-0.05, 0) is 6.42 Å². The number of thiazole rings is 1. The van der Waals surface area contributed by atoms with E-state index in [9.17, 15) is 13.2 Å². The van der Waals surface area contributed by atoms with Gasteiger partial charge in [0.15, 0.2) is 9.84 Å². The summed E-state index contributed by atoms with van der Waals surface area (Å²) in [6.07, 6.45) is 2.17. The summed E-state index contributed by atoms with van der Waals surface area (Å²) in [5, 5.41) is 5.65. The van der Waals surface area contributed by atoms with E-state index in [1.807, 2.05) is 10.3 Å². The van der Waals surface area contributed by atoms with Crippen LogP contribution in [0.25, 0.3) is 0 Å². The molecule has 0 aromatic carbocycles. The normalized spacial score (nSPS) is 28.5. The molecule has 0 bridgehead atoms. The van der Waals surface area contributed by atoms with Crippen molar-refractivity contribution >= 4 is 27.1 Å². The van der Waals surface area contributed by atoms with Crippen LogP contribution < -0.4 is 5.32 Å². The van der Waals surface area contributed by atoms with Crippen molar-refractivity contribution in [3.8, 4) is 0 Å². The maximum Gasteiger partial charge on any atom is 0.234 e. The number of morpholine rings is 1.